The Morgan fingerprint density at radius 2 is 0.921 bits per heavy atom. The van der Waals surface area contributed by atoms with Gasteiger partial charge in [0.25, 0.3) is 0 Å². The highest BCUT2D eigenvalue weighted by atomic mass is 31.2. The number of carbonyl (C=O) groups is 1. The third-order valence-electron chi connectivity index (χ3n) is 17.3. The van der Waals surface area contributed by atoms with Gasteiger partial charge in [0.15, 0.2) is 12.6 Å². The first-order valence-corrected chi connectivity index (χ1v) is 39.3. The second-order valence-electron chi connectivity index (χ2n) is 25.3. The second kappa shape index (κ2) is 55.2. The molecule has 19 nitrogen and oxygen atoms in total. The largest absolute Gasteiger partial charge is 0.470 e. The van der Waals surface area contributed by atoms with Crippen LogP contribution in [0.4, 0.5) is 0 Å². The predicted molar refractivity (Wildman–Crippen MR) is 354 cm³/mol. The van der Waals surface area contributed by atoms with Gasteiger partial charge in [-0.2, -0.15) is 0 Å². The van der Waals surface area contributed by atoms with E-state index < -0.39 is 82.9 Å². The van der Waals surface area contributed by atoms with Gasteiger partial charge in [-0.25, -0.2) is 4.57 Å². The highest BCUT2D eigenvalue weighted by Gasteiger charge is 2.53. The van der Waals surface area contributed by atoms with E-state index >= 15 is 0 Å². The van der Waals surface area contributed by atoms with Crippen molar-refractivity contribution in [2.75, 3.05) is 60.0 Å². The van der Waals surface area contributed by atoms with E-state index in [9.17, 15) is 38.6 Å². The summed E-state index contributed by atoms with van der Waals surface area (Å²) < 4.78 is 87.4. The maximum absolute atomic E-state index is 14.2. The number of carbonyl (C=O) groups excluding carboxylic acids is 1. The first-order valence-electron chi connectivity index (χ1n) is 35.9. The summed E-state index contributed by atoms with van der Waals surface area (Å²) in [5, 5.41) is 15.5. The van der Waals surface area contributed by atoms with Crippen LogP contribution < -0.4 is 5.32 Å². The summed E-state index contributed by atoms with van der Waals surface area (Å²) in [7, 11) is -6.63. The molecule has 0 aromatic rings. The molecule has 0 aromatic heterocycles. The van der Waals surface area contributed by atoms with Crippen molar-refractivity contribution in [1.82, 2.24) is 5.32 Å². The minimum Gasteiger partial charge on any atom is -0.387 e. The van der Waals surface area contributed by atoms with E-state index in [1.165, 1.54) is 110 Å². The fourth-order valence-electron chi connectivity index (χ4n) is 11.9. The number of phosphoric ester groups is 1. The van der Waals surface area contributed by atoms with Crippen LogP contribution >= 0.6 is 15.4 Å². The predicted octanol–water partition coefficient (Wildman–Crippen LogP) is 15.4. The highest BCUT2D eigenvalue weighted by Crippen LogP contribution is 2.43. The van der Waals surface area contributed by atoms with Crippen molar-refractivity contribution >= 4 is 21.3 Å². The van der Waals surface area contributed by atoms with E-state index in [1.54, 1.807) is 7.11 Å². The van der Waals surface area contributed by atoms with Crippen LogP contribution in [0.3, 0.4) is 0 Å². The minimum absolute atomic E-state index is 0.0734. The van der Waals surface area contributed by atoms with Gasteiger partial charge >= 0.3 is 15.4 Å². The third-order valence-corrected chi connectivity index (χ3v) is 18.6. The van der Waals surface area contributed by atoms with Crippen LogP contribution in [0.25, 0.3) is 0 Å². The summed E-state index contributed by atoms with van der Waals surface area (Å²) in [6.45, 7) is 8.58. The zero-order valence-electron chi connectivity index (χ0n) is 56.9. The zero-order valence-corrected chi connectivity index (χ0v) is 58.7. The number of phosphoric acid groups is 1. The lowest BCUT2D eigenvalue weighted by Crippen LogP contribution is -2.67. The summed E-state index contributed by atoms with van der Waals surface area (Å²) in [6.07, 6.45) is 36.5. The Morgan fingerprint density at radius 3 is 1.42 bits per heavy atom. The second-order valence-corrected chi connectivity index (χ2v) is 28.3. The Bertz CT molecular complexity index is 1760. The minimum atomic E-state index is -5.21. The topological polar surface area (TPSA) is 257 Å². The number of aliphatic hydroxyl groups is 1. The van der Waals surface area contributed by atoms with E-state index in [4.69, 9.17) is 47.2 Å². The van der Waals surface area contributed by atoms with Crippen LogP contribution in [0.2, 0.25) is 0 Å². The van der Waals surface area contributed by atoms with Crippen molar-refractivity contribution in [3.8, 4) is 0 Å². The molecule has 2 heterocycles. The molecule has 2 rings (SSSR count). The molecule has 2 aliphatic heterocycles. The van der Waals surface area contributed by atoms with Crippen LogP contribution in [-0.2, 0) is 61.1 Å². The number of allylic oxidation sites excluding steroid dienone is 2. The molecule has 6 N–H and O–H groups in total. The average molecular weight is 1310 g/mol. The zero-order chi connectivity index (χ0) is 65.1. The lowest BCUT2D eigenvalue weighted by molar-refractivity contribution is -0.330. The van der Waals surface area contributed by atoms with Crippen molar-refractivity contribution < 1.29 is 85.8 Å². The Hall–Kier alpha value is -0.930. The number of rotatable bonds is 62. The molecule has 0 saturated carbocycles. The molecule has 2 aliphatic rings. The molecule has 528 valence electrons. The smallest absolute Gasteiger partial charge is 0.387 e. The van der Waals surface area contributed by atoms with E-state index in [0.717, 1.165) is 141 Å². The molecule has 89 heavy (non-hydrogen) atoms. The standard InChI is InChI=1S/C68H133NO18P2/c1-7-11-15-19-22-25-28-29-30-31-32-33-36-40-44-48-60(70)69-61-64(82-52-49-57(79-6)47-43-39-18-14-10-4)63(87-89(75,76)77)59(55-78-5)86-67(61)84-56-58-62(71)65(80-50-45-41-37-34-26-23-20-16-12-8-2)66(68(85-58)83-53-54-88(72,73)74)81-51-46-42-38-35-27-24-21-17-13-9-3/h25,28,57-59,61-68,71H,7-24,26-27,29-56H2,1-6H3,(H,69,70)(H2,72,73,74)(H2,75,76,77)/b28-25-/t57-,58-,59-,61-,62-,63-,64-,65+,66-,67-,68-/m1/s1. The van der Waals surface area contributed by atoms with Crippen LogP contribution in [0, 0.1) is 0 Å². The van der Waals surface area contributed by atoms with Gasteiger partial charge in [-0.05, 0) is 57.8 Å². The molecule has 11 atom stereocenters. The Morgan fingerprint density at radius 1 is 0.472 bits per heavy atom. The Balaban J connectivity index is 2.44. The Labute approximate surface area is 540 Å². The van der Waals surface area contributed by atoms with Gasteiger partial charge in [0, 0.05) is 40.5 Å². The SMILES string of the molecule is CCCCCC/C=C\CCCCCCCCCC(=O)N[C@H]1[C@H](OC[C@H]2O[C@@H](OCCP(=O)(O)O)[C@H](OCCCCCCCCCCCC)[C@@H](OCCCCCCCCCCCC)[C@@H]2O)O[C@H](COC)[C@@H](OP(=O)(O)O)[C@@H]1OCC[C@@H](CCCCCCC)OC. The first kappa shape index (κ1) is 84.2. The number of amides is 1. The van der Waals surface area contributed by atoms with Crippen molar-refractivity contribution in [2.45, 2.75) is 358 Å². The number of aliphatic hydroxyl groups excluding tert-OH is 1. The lowest BCUT2D eigenvalue weighted by Gasteiger charge is -2.47. The van der Waals surface area contributed by atoms with Crippen molar-refractivity contribution in [2.24, 2.45) is 0 Å². The summed E-state index contributed by atoms with van der Waals surface area (Å²) in [5.41, 5.74) is 0. The van der Waals surface area contributed by atoms with E-state index in [0.29, 0.717) is 26.1 Å². The summed E-state index contributed by atoms with van der Waals surface area (Å²) >= 11 is 0. The van der Waals surface area contributed by atoms with Crippen molar-refractivity contribution in [3.05, 3.63) is 12.2 Å². The average Bonchev–Trinajstić information content (AvgIpc) is 1.01. The molecule has 0 unspecified atom stereocenters. The van der Waals surface area contributed by atoms with E-state index in [1.807, 2.05) is 0 Å². The van der Waals surface area contributed by atoms with Gasteiger partial charge in [-0.3, -0.25) is 13.9 Å². The number of hydrogen-bond acceptors (Lipinski definition) is 14. The molecule has 0 aliphatic carbocycles. The first-order chi connectivity index (χ1) is 43.1. The maximum Gasteiger partial charge on any atom is 0.470 e. The van der Waals surface area contributed by atoms with Crippen molar-refractivity contribution in [3.63, 3.8) is 0 Å². The number of hydrogen-bond donors (Lipinski definition) is 6. The molecule has 0 aromatic carbocycles. The molecular weight excluding hydrogens is 1180 g/mol. The molecule has 1 amide bonds. The molecule has 2 fully saturated rings. The monoisotopic (exact) mass is 1310 g/mol. The fraction of sp³-hybridized carbons (Fsp3) is 0.956. The molecule has 0 radical (unpaired) electrons. The van der Waals surface area contributed by atoms with Gasteiger partial charge in [0.05, 0.1) is 32.1 Å². The van der Waals surface area contributed by atoms with Gasteiger partial charge in [0.1, 0.15) is 48.8 Å². The lowest BCUT2D eigenvalue weighted by atomic mass is 9.95. The van der Waals surface area contributed by atoms with Gasteiger partial charge in [-0.15, -0.1) is 0 Å². The number of ether oxygens (including phenoxy) is 9. The van der Waals surface area contributed by atoms with Crippen LogP contribution in [0.1, 0.15) is 291 Å². The number of nitrogens with one attached hydrogen (secondary N) is 1. The van der Waals surface area contributed by atoms with Crippen LogP contribution in [-0.4, -0.2) is 158 Å². The normalized spacial score (nSPS) is 23.0. The fourth-order valence-corrected chi connectivity index (χ4v) is 12.8. The molecular formula is C68H133NO18P2. The van der Waals surface area contributed by atoms with E-state index in [2.05, 4.69) is 45.2 Å². The summed E-state index contributed by atoms with van der Waals surface area (Å²) in [4.78, 5) is 54.7. The molecule has 0 bridgehead atoms. The van der Waals surface area contributed by atoms with Crippen LogP contribution in [0.5, 0.6) is 0 Å². The third kappa shape index (κ3) is 43.0. The van der Waals surface area contributed by atoms with Crippen LogP contribution in [0.15, 0.2) is 12.2 Å². The summed E-state index contributed by atoms with van der Waals surface area (Å²) in [5.74, 6) is -0.348. The number of methoxy groups -OCH3 is 2. The Kier molecular flexibility index (Phi) is 52.2. The molecule has 0 spiro atoms. The summed E-state index contributed by atoms with van der Waals surface area (Å²) in [6, 6.07) is -1.20. The highest BCUT2D eigenvalue weighted by molar-refractivity contribution is 7.51. The quantitative estimate of drug-likeness (QED) is 0.0188. The van der Waals surface area contributed by atoms with Gasteiger partial charge < -0.3 is 72.6 Å². The van der Waals surface area contributed by atoms with Crippen molar-refractivity contribution in [1.29, 1.82) is 0 Å². The number of unbranched alkanes of at least 4 members (excludes halogenated alkanes) is 33. The maximum atomic E-state index is 14.2. The van der Waals surface area contributed by atoms with Gasteiger partial charge in [0.2, 0.25) is 5.91 Å². The molecule has 21 heteroatoms. The molecule has 2 saturated heterocycles. The van der Waals surface area contributed by atoms with Gasteiger partial charge in [-0.1, -0.05) is 239 Å². The van der Waals surface area contributed by atoms with E-state index in [-0.39, 0.29) is 44.9 Å².